The number of hydrogen-bond acceptors (Lipinski definition) is 2. The van der Waals surface area contributed by atoms with Crippen molar-refractivity contribution in [3.8, 4) is 22.6 Å². The maximum absolute atomic E-state index is 9.79. The van der Waals surface area contributed by atoms with Crippen molar-refractivity contribution < 1.29 is 9.84 Å². The molecule has 0 saturated heterocycles. The van der Waals surface area contributed by atoms with Crippen LogP contribution in [0.1, 0.15) is 11.1 Å². The molecule has 0 spiro atoms. The van der Waals surface area contributed by atoms with Crippen molar-refractivity contribution in [1.82, 2.24) is 0 Å². The van der Waals surface area contributed by atoms with Crippen molar-refractivity contribution in [2.24, 2.45) is 0 Å². The molecule has 0 unspecified atom stereocenters. The van der Waals surface area contributed by atoms with Gasteiger partial charge in [0.1, 0.15) is 0 Å². The van der Waals surface area contributed by atoms with E-state index in [0.29, 0.717) is 5.75 Å². The van der Waals surface area contributed by atoms with Crippen molar-refractivity contribution in [3.05, 3.63) is 47.5 Å². The molecule has 0 bridgehead atoms. The van der Waals surface area contributed by atoms with Crippen molar-refractivity contribution in [2.75, 3.05) is 7.11 Å². The minimum atomic E-state index is 0.227. The van der Waals surface area contributed by atoms with Gasteiger partial charge in [0.15, 0.2) is 11.5 Å². The SMILES string of the molecule is COc1c(O)ccc2c1CCc1ccccc1-2. The summed E-state index contributed by atoms with van der Waals surface area (Å²) in [5, 5.41) is 9.79. The molecule has 0 radical (unpaired) electrons. The number of ether oxygens (including phenoxy) is 1. The number of aromatic hydroxyl groups is 1. The number of methoxy groups -OCH3 is 1. The van der Waals surface area contributed by atoms with Crippen LogP contribution in [0, 0.1) is 0 Å². The van der Waals surface area contributed by atoms with Gasteiger partial charge in [-0.1, -0.05) is 30.3 Å². The number of phenols is 1. The van der Waals surface area contributed by atoms with Crippen LogP contribution in [-0.2, 0) is 12.8 Å². The van der Waals surface area contributed by atoms with Gasteiger partial charge in [0, 0.05) is 5.56 Å². The lowest BCUT2D eigenvalue weighted by Crippen LogP contribution is -2.05. The van der Waals surface area contributed by atoms with E-state index in [9.17, 15) is 5.11 Å². The van der Waals surface area contributed by atoms with E-state index >= 15 is 0 Å². The Morgan fingerprint density at radius 3 is 2.65 bits per heavy atom. The molecule has 1 aliphatic carbocycles. The summed E-state index contributed by atoms with van der Waals surface area (Å²) in [6, 6.07) is 12.1. The van der Waals surface area contributed by atoms with Crippen molar-refractivity contribution >= 4 is 0 Å². The predicted octanol–water partition coefficient (Wildman–Crippen LogP) is 3.17. The van der Waals surface area contributed by atoms with E-state index in [1.165, 1.54) is 16.7 Å². The highest BCUT2D eigenvalue weighted by molar-refractivity contribution is 5.76. The molecule has 2 aromatic carbocycles. The maximum Gasteiger partial charge on any atom is 0.164 e. The Hall–Kier alpha value is -1.96. The third-order valence-electron chi connectivity index (χ3n) is 3.40. The zero-order valence-corrected chi connectivity index (χ0v) is 9.73. The van der Waals surface area contributed by atoms with Crippen LogP contribution in [-0.4, -0.2) is 12.2 Å². The van der Waals surface area contributed by atoms with Gasteiger partial charge in [-0.25, -0.2) is 0 Å². The number of rotatable bonds is 1. The number of hydrogen-bond donors (Lipinski definition) is 1. The monoisotopic (exact) mass is 226 g/mol. The second-order valence-electron chi connectivity index (χ2n) is 4.30. The van der Waals surface area contributed by atoms with Crippen molar-refractivity contribution in [2.45, 2.75) is 12.8 Å². The molecular formula is C15H14O2. The van der Waals surface area contributed by atoms with Crippen molar-refractivity contribution in [3.63, 3.8) is 0 Å². The topological polar surface area (TPSA) is 29.5 Å². The summed E-state index contributed by atoms with van der Waals surface area (Å²) >= 11 is 0. The zero-order valence-electron chi connectivity index (χ0n) is 9.73. The molecule has 2 aromatic rings. The van der Waals surface area contributed by atoms with Gasteiger partial charge in [0.2, 0.25) is 0 Å². The molecule has 0 fully saturated rings. The van der Waals surface area contributed by atoms with E-state index < -0.39 is 0 Å². The number of phenolic OH excluding ortho intramolecular Hbond substituents is 1. The van der Waals surface area contributed by atoms with Gasteiger partial charge in [-0.15, -0.1) is 0 Å². The van der Waals surface area contributed by atoms with E-state index in [4.69, 9.17) is 4.74 Å². The first kappa shape index (κ1) is 10.2. The standard InChI is InChI=1S/C15H14O2/c1-17-15-13-7-6-10-4-2-3-5-11(10)12(13)8-9-14(15)16/h2-5,8-9,16H,6-7H2,1H3. The summed E-state index contributed by atoms with van der Waals surface area (Å²) in [6.45, 7) is 0. The molecule has 17 heavy (non-hydrogen) atoms. The summed E-state index contributed by atoms with van der Waals surface area (Å²) in [7, 11) is 1.61. The van der Waals surface area contributed by atoms with Crippen LogP contribution in [0.3, 0.4) is 0 Å². The van der Waals surface area contributed by atoms with E-state index in [0.717, 1.165) is 18.4 Å². The number of fused-ring (bicyclic) bond motifs is 3. The summed E-state index contributed by atoms with van der Waals surface area (Å²) in [4.78, 5) is 0. The van der Waals surface area contributed by atoms with Crippen molar-refractivity contribution in [1.29, 1.82) is 0 Å². The highest BCUT2D eigenvalue weighted by Gasteiger charge is 2.20. The predicted molar refractivity (Wildman–Crippen MR) is 67.5 cm³/mol. The average molecular weight is 226 g/mol. The smallest absolute Gasteiger partial charge is 0.164 e. The van der Waals surface area contributed by atoms with Crippen LogP contribution in [0.2, 0.25) is 0 Å². The summed E-state index contributed by atoms with van der Waals surface area (Å²) in [5.74, 6) is 0.850. The molecule has 0 saturated carbocycles. The summed E-state index contributed by atoms with van der Waals surface area (Å²) in [5.41, 5.74) is 4.92. The second-order valence-corrected chi connectivity index (χ2v) is 4.30. The normalized spacial score (nSPS) is 12.8. The molecule has 0 aliphatic heterocycles. The quantitative estimate of drug-likeness (QED) is 0.809. The van der Waals surface area contributed by atoms with E-state index in [2.05, 4.69) is 18.2 Å². The maximum atomic E-state index is 9.79. The van der Waals surface area contributed by atoms with Crippen LogP contribution in [0.4, 0.5) is 0 Å². The Morgan fingerprint density at radius 1 is 1.00 bits per heavy atom. The molecule has 1 aliphatic rings. The average Bonchev–Trinajstić information content (AvgIpc) is 2.38. The fraction of sp³-hybridized carbons (Fsp3) is 0.200. The minimum Gasteiger partial charge on any atom is -0.504 e. The lowest BCUT2D eigenvalue weighted by atomic mass is 9.85. The Balaban J connectivity index is 2.27. The molecule has 2 nitrogen and oxygen atoms in total. The Kier molecular flexibility index (Phi) is 2.29. The fourth-order valence-corrected chi connectivity index (χ4v) is 2.60. The molecule has 86 valence electrons. The van der Waals surface area contributed by atoms with Gasteiger partial charge in [-0.05, 0) is 35.6 Å². The lowest BCUT2D eigenvalue weighted by molar-refractivity contribution is 0.369. The van der Waals surface area contributed by atoms with Gasteiger partial charge >= 0.3 is 0 Å². The molecule has 0 aromatic heterocycles. The summed E-state index contributed by atoms with van der Waals surface area (Å²) < 4.78 is 5.31. The first-order valence-corrected chi connectivity index (χ1v) is 5.78. The number of benzene rings is 2. The van der Waals surface area contributed by atoms with Gasteiger partial charge in [0.25, 0.3) is 0 Å². The van der Waals surface area contributed by atoms with Gasteiger partial charge in [-0.3, -0.25) is 0 Å². The highest BCUT2D eigenvalue weighted by atomic mass is 16.5. The van der Waals surface area contributed by atoms with Crippen LogP contribution < -0.4 is 4.74 Å². The largest absolute Gasteiger partial charge is 0.504 e. The Bertz CT molecular complexity index is 573. The van der Waals surface area contributed by atoms with Crippen LogP contribution in [0.5, 0.6) is 11.5 Å². The zero-order chi connectivity index (χ0) is 11.8. The molecule has 0 heterocycles. The lowest BCUT2D eigenvalue weighted by Gasteiger charge is -2.22. The molecule has 0 amide bonds. The number of aryl methyl sites for hydroxylation is 1. The van der Waals surface area contributed by atoms with Crippen LogP contribution in [0.25, 0.3) is 11.1 Å². The van der Waals surface area contributed by atoms with E-state index in [1.54, 1.807) is 13.2 Å². The van der Waals surface area contributed by atoms with Gasteiger partial charge < -0.3 is 9.84 Å². The van der Waals surface area contributed by atoms with Gasteiger partial charge in [-0.2, -0.15) is 0 Å². The third kappa shape index (κ3) is 1.48. The first-order valence-electron chi connectivity index (χ1n) is 5.78. The molecule has 0 atom stereocenters. The highest BCUT2D eigenvalue weighted by Crippen LogP contribution is 2.42. The third-order valence-corrected chi connectivity index (χ3v) is 3.40. The second kappa shape index (κ2) is 3.81. The first-order chi connectivity index (χ1) is 8.31. The fourth-order valence-electron chi connectivity index (χ4n) is 2.60. The summed E-state index contributed by atoms with van der Waals surface area (Å²) in [6.07, 6.45) is 1.92. The van der Waals surface area contributed by atoms with E-state index in [1.807, 2.05) is 12.1 Å². The Labute approximate surface area is 100 Å². The molecule has 2 heteroatoms. The van der Waals surface area contributed by atoms with Crippen LogP contribution >= 0.6 is 0 Å². The molecule has 1 N–H and O–H groups in total. The minimum absolute atomic E-state index is 0.227. The molecular weight excluding hydrogens is 212 g/mol. The van der Waals surface area contributed by atoms with E-state index in [-0.39, 0.29) is 5.75 Å². The van der Waals surface area contributed by atoms with Gasteiger partial charge in [0.05, 0.1) is 7.11 Å². The Morgan fingerprint density at radius 2 is 1.82 bits per heavy atom. The van der Waals surface area contributed by atoms with Crippen LogP contribution in [0.15, 0.2) is 36.4 Å². The molecule has 3 rings (SSSR count).